The summed E-state index contributed by atoms with van der Waals surface area (Å²) in [4.78, 5) is 0. The molecule has 3 atom stereocenters. The Morgan fingerprint density at radius 1 is 1.19 bits per heavy atom. The molecule has 0 saturated carbocycles. The lowest BCUT2D eigenvalue weighted by atomic mass is 9.85. The maximum atomic E-state index is 5.63. The zero-order chi connectivity index (χ0) is 17.8. The van der Waals surface area contributed by atoms with Crippen molar-refractivity contribution in [2.45, 2.75) is 64.5 Å². The monoisotopic (exact) mass is 348 g/mol. The van der Waals surface area contributed by atoms with Gasteiger partial charge in [-0.1, -0.05) is 18.6 Å². The Balaban J connectivity index is 1.73. The molecule has 3 unspecified atom stereocenters. The second-order valence-corrected chi connectivity index (χ2v) is 8.20. The summed E-state index contributed by atoms with van der Waals surface area (Å²) in [5, 5.41) is 5.36. The molecule has 26 heavy (non-hydrogen) atoms. The van der Waals surface area contributed by atoms with Gasteiger partial charge in [0.25, 0.3) is 0 Å². The van der Waals surface area contributed by atoms with Crippen molar-refractivity contribution in [1.82, 2.24) is 9.88 Å². The van der Waals surface area contributed by atoms with Gasteiger partial charge in [-0.3, -0.25) is 0 Å². The molecule has 0 amide bonds. The van der Waals surface area contributed by atoms with E-state index in [2.05, 4.69) is 54.9 Å². The Kier molecular flexibility index (Phi) is 3.75. The predicted molar refractivity (Wildman–Crippen MR) is 106 cm³/mol. The van der Waals surface area contributed by atoms with Gasteiger partial charge in [0.1, 0.15) is 5.76 Å². The molecule has 1 N–H and O–H groups in total. The number of aromatic nitrogens is 1. The maximum absolute atomic E-state index is 5.63. The van der Waals surface area contributed by atoms with E-state index < -0.39 is 0 Å². The van der Waals surface area contributed by atoms with Crippen molar-refractivity contribution >= 4 is 10.9 Å². The van der Waals surface area contributed by atoms with Crippen molar-refractivity contribution < 1.29 is 4.42 Å². The average molecular weight is 348 g/mol. The van der Waals surface area contributed by atoms with Crippen LogP contribution in [0, 0.1) is 13.8 Å². The van der Waals surface area contributed by atoms with Gasteiger partial charge in [0, 0.05) is 41.6 Å². The van der Waals surface area contributed by atoms with Crippen LogP contribution in [0.5, 0.6) is 0 Å². The molecule has 0 saturated heterocycles. The van der Waals surface area contributed by atoms with Gasteiger partial charge in [-0.25, -0.2) is 0 Å². The highest BCUT2D eigenvalue weighted by Gasteiger charge is 2.35. The number of furan rings is 1. The minimum atomic E-state index is 0.484. The quantitative estimate of drug-likeness (QED) is 0.656. The number of hydrogen-bond donors (Lipinski definition) is 1. The first-order valence-corrected chi connectivity index (χ1v) is 10.1. The third kappa shape index (κ3) is 2.30. The lowest BCUT2D eigenvalue weighted by Crippen LogP contribution is -2.33. The standard InChI is InChI=1S/C23H28N2O/c1-4-16-12-24-20-7-6-17(18-9-10-26-15(18)3)13-25-21-8-5-14(2)11-19(21)22(16)23(20)25/h5,8-11,16-17,20,24H,4,6-7,12-13H2,1-3H3. The Morgan fingerprint density at radius 3 is 2.85 bits per heavy atom. The molecular formula is C23H28N2O. The van der Waals surface area contributed by atoms with Crippen molar-refractivity contribution in [2.24, 2.45) is 0 Å². The zero-order valence-electron chi connectivity index (χ0n) is 16.0. The lowest BCUT2D eigenvalue weighted by molar-refractivity contribution is 0.416. The van der Waals surface area contributed by atoms with Gasteiger partial charge in [-0.15, -0.1) is 0 Å². The number of fused-ring (bicyclic) bond motifs is 3. The van der Waals surface area contributed by atoms with Crippen LogP contribution in [0.25, 0.3) is 10.9 Å². The fraction of sp³-hybridized carbons (Fsp3) is 0.478. The van der Waals surface area contributed by atoms with E-state index in [1.807, 2.05) is 6.26 Å². The van der Waals surface area contributed by atoms with Crippen LogP contribution in [0.3, 0.4) is 0 Å². The Morgan fingerprint density at radius 2 is 2.08 bits per heavy atom. The highest BCUT2D eigenvalue weighted by Crippen LogP contribution is 2.45. The molecule has 0 aliphatic carbocycles. The highest BCUT2D eigenvalue weighted by atomic mass is 16.3. The molecule has 1 aromatic carbocycles. The van der Waals surface area contributed by atoms with Crippen molar-refractivity contribution in [1.29, 1.82) is 0 Å². The fourth-order valence-corrected chi connectivity index (χ4v) is 5.34. The molecule has 0 radical (unpaired) electrons. The molecule has 3 nitrogen and oxygen atoms in total. The summed E-state index contributed by atoms with van der Waals surface area (Å²) in [5.74, 6) is 2.23. The second-order valence-electron chi connectivity index (χ2n) is 8.20. The van der Waals surface area contributed by atoms with Crippen LogP contribution in [-0.4, -0.2) is 11.1 Å². The normalized spacial score (nSPS) is 25.3. The smallest absolute Gasteiger partial charge is 0.104 e. The van der Waals surface area contributed by atoms with Crippen LogP contribution in [-0.2, 0) is 6.54 Å². The van der Waals surface area contributed by atoms with Crippen LogP contribution in [0.15, 0.2) is 34.9 Å². The third-order valence-electron chi connectivity index (χ3n) is 6.69. The molecule has 0 fully saturated rings. The van der Waals surface area contributed by atoms with E-state index in [9.17, 15) is 0 Å². The van der Waals surface area contributed by atoms with Gasteiger partial charge in [0.2, 0.25) is 0 Å². The van der Waals surface area contributed by atoms with E-state index >= 15 is 0 Å². The topological polar surface area (TPSA) is 30.1 Å². The molecule has 2 aliphatic heterocycles. The van der Waals surface area contributed by atoms with E-state index in [-0.39, 0.29) is 0 Å². The van der Waals surface area contributed by atoms with Crippen LogP contribution in [0.1, 0.15) is 72.2 Å². The summed E-state index contributed by atoms with van der Waals surface area (Å²) in [5.41, 5.74) is 7.35. The van der Waals surface area contributed by atoms with Gasteiger partial charge in [0.15, 0.2) is 0 Å². The first-order chi connectivity index (χ1) is 12.7. The van der Waals surface area contributed by atoms with Crippen LogP contribution < -0.4 is 5.32 Å². The molecule has 0 spiro atoms. The summed E-state index contributed by atoms with van der Waals surface area (Å²) in [6.45, 7) is 8.81. The Hall–Kier alpha value is -2.00. The van der Waals surface area contributed by atoms with Crippen molar-refractivity contribution in [3.8, 4) is 0 Å². The molecular weight excluding hydrogens is 320 g/mol. The predicted octanol–water partition coefficient (Wildman–Crippen LogP) is 5.57. The van der Waals surface area contributed by atoms with Gasteiger partial charge >= 0.3 is 0 Å². The minimum Gasteiger partial charge on any atom is -0.469 e. The largest absolute Gasteiger partial charge is 0.469 e. The number of nitrogens with zero attached hydrogens (tertiary/aromatic N) is 1. The third-order valence-corrected chi connectivity index (χ3v) is 6.69. The molecule has 5 rings (SSSR count). The van der Waals surface area contributed by atoms with Crippen LogP contribution in [0.2, 0.25) is 0 Å². The van der Waals surface area contributed by atoms with Gasteiger partial charge < -0.3 is 14.3 Å². The number of aryl methyl sites for hydroxylation is 2. The number of benzene rings is 1. The van der Waals surface area contributed by atoms with E-state index in [1.54, 1.807) is 11.3 Å². The van der Waals surface area contributed by atoms with Crippen molar-refractivity contribution in [3.05, 3.63) is 58.7 Å². The summed E-state index contributed by atoms with van der Waals surface area (Å²) in [6.07, 6.45) is 5.46. The van der Waals surface area contributed by atoms with Gasteiger partial charge in [0.05, 0.1) is 6.26 Å². The van der Waals surface area contributed by atoms with Gasteiger partial charge in [-0.05, 0) is 68.4 Å². The number of rotatable bonds is 2. The first kappa shape index (κ1) is 16.2. The van der Waals surface area contributed by atoms with E-state index in [0.29, 0.717) is 17.9 Å². The maximum Gasteiger partial charge on any atom is 0.104 e. The summed E-state index contributed by atoms with van der Waals surface area (Å²) in [6, 6.07) is 9.69. The molecule has 0 bridgehead atoms. The second kappa shape index (κ2) is 6.02. The summed E-state index contributed by atoms with van der Waals surface area (Å²) >= 11 is 0. The van der Waals surface area contributed by atoms with Crippen LogP contribution in [0.4, 0.5) is 0 Å². The number of hydrogen-bond acceptors (Lipinski definition) is 2. The Bertz CT molecular complexity index is 964. The first-order valence-electron chi connectivity index (χ1n) is 10.1. The average Bonchev–Trinajstić information content (AvgIpc) is 3.14. The minimum absolute atomic E-state index is 0.484. The lowest BCUT2D eigenvalue weighted by Gasteiger charge is -2.30. The van der Waals surface area contributed by atoms with E-state index in [0.717, 1.165) is 18.8 Å². The molecule has 4 heterocycles. The van der Waals surface area contributed by atoms with Gasteiger partial charge in [-0.2, -0.15) is 0 Å². The SMILES string of the molecule is CCC1CNC2CCC(c3ccoc3C)Cn3c2c1c1cc(C)ccc13. The van der Waals surface area contributed by atoms with E-state index in [1.165, 1.54) is 41.3 Å². The molecule has 136 valence electrons. The van der Waals surface area contributed by atoms with E-state index in [4.69, 9.17) is 4.42 Å². The number of nitrogens with one attached hydrogen (secondary N) is 1. The van der Waals surface area contributed by atoms with Crippen molar-refractivity contribution in [2.75, 3.05) is 6.54 Å². The molecule has 2 aliphatic rings. The molecule has 2 aromatic heterocycles. The Labute approximate surface area is 155 Å². The van der Waals surface area contributed by atoms with Crippen molar-refractivity contribution in [3.63, 3.8) is 0 Å². The fourth-order valence-electron chi connectivity index (χ4n) is 5.34. The zero-order valence-corrected chi connectivity index (χ0v) is 16.0. The highest BCUT2D eigenvalue weighted by molar-refractivity contribution is 5.87. The van der Waals surface area contributed by atoms with Crippen LogP contribution >= 0.6 is 0 Å². The molecule has 3 aromatic rings. The molecule has 3 heteroatoms. The summed E-state index contributed by atoms with van der Waals surface area (Å²) < 4.78 is 8.26. The summed E-state index contributed by atoms with van der Waals surface area (Å²) in [7, 11) is 0.